The first-order chi connectivity index (χ1) is 13.8. The van der Waals surface area contributed by atoms with Crippen molar-refractivity contribution in [3.63, 3.8) is 0 Å². The molecule has 3 rings (SSSR count). The van der Waals surface area contributed by atoms with Gasteiger partial charge in [-0.2, -0.15) is 4.39 Å². The minimum atomic E-state index is -1.94. The molecular weight excluding hydrogens is 385 g/mol. The van der Waals surface area contributed by atoms with Gasteiger partial charge in [-0.25, -0.2) is 9.59 Å². The van der Waals surface area contributed by atoms with Crippen molar-refractivity contribution in [1.29, 1.82) is 0 Å². The number of nitro groups is 1. The summed E-state index contributed by atoms with van der Waals surface area (Å²) in [5, 5.41) is 19.9. The van der Waals surface area contributed by atoms with Crippen LogP contribution in [0.2, 0.25) is 0 Å². The van der Waals surface area contributed by atoms with Crippen LogP contribution in [0.1, 0.15) is 0 Å². The average Bonchev–Trinajstić information content (AvgIpc) is 2.68. The Morgan fingerprint density at radius 1 is 1.10 bits per heavy atom. The third-order valence-corrected chi connectivity index (χ3v) is 4.69. The summed E-state index contributed by atoms with van der Waals surface area (Å²) >= 11 is 0. The van der Waals surface area contributed by atoms with Gasteiger partial charge in [-0.15, -0.1) is 0 Å². The Bertz CT molecular complexity index is 955. The fourth-order valence-corrected chi connectivity index (χ4v) is 3.08. The summed E-state index contributed by atoms with van der Waals surface area (Å²) in [5.74, 6) is -5.66. The van der Waals surface area contributed by atoms with Gasteiger partial charge in [-0.3, -0.25) is 10.1 Å². The standard InChI is InChI=1S/C19H18FN3O6/c1-21-8-10-22(11-9-21)13-4-2-12(3-5-13)14-6-7-15(29-19(26)18(24)25)17(16(14)20)23(27)28/h2-7H,8-11H2,1H3,(H,24,25). The summed E-state index contributed by atoms with van der Waals surface area (Å²) in [6, 6.07) is 9.13. The van der Waals surface area contributed by atoms with Crippen LogP contribution < -0.4 is 9.64 Å². The molecule has 0 amide bonds. The van der Waals surface area contributed by atoms with Gasteiger partial charge in [0.2, 0.25) is 11.6 Å². The highest BCUT2D eigenvalue weighted by Gasteiger charge is 2.29. The smallest absolute Gasteiger partial charge is 0.422 e. The number of nitro benzene ring substituents is 1. The summed E-state index contributed by atoms with van der Waals surface area (Å²) in [6.45, 7) is 3.58. The Morgan fingerprint density at radius 3 is 2.28 bits per heavy atom. The second-order valence-electron chi connectivity index (χ2n) is 6.56. The highest BCUT2D eigenvalue weighted by molar-refractivity contribution is 6.29. The zero-order chi connectivity index (χ0) is 21.1. The number of esters is 1. The fraction of sp³-hybridized carbons (Fsp3) is 0.263. The number of carboxylic acid groups (broad SMARTS) is 1. The lowest BCUT2D eigenvalue weighted by molar-refractivity contribution is -0.388. The first kappa shape index (κ1) is 20.2. The minimum absolute atomic E-state index is 0.0586. The molecule has 1 heterocycles. The van der Waals surface area contributed by atoms with E-state index >= 15 is 0 Å². The average molecular weight is 403 g/mol. The first-order valence-corrected chi connectivity index (χ1v) is 8.74. The first-order valence-electron chi connectivity index (χ1n) is 8.74. The third kappa shape index (κ3) is 4.32. The molecule has 1 aliphatic heterocycles. The second-order valence-corrected chi connectivity index (χ2v) is 6.56. The quantitative estimate of drug-likeness (QED) is 0.272. The molecule has 0 unspecified atom stereocenters. The predicted molar refractivity (Wildman–Crippen MR) is 101 cm³/mol. The number of anilines is 1. The molecule has 1 fully saturated rings. The number of aliphatic carboxylic acids is 1. The van der Waals surface area contributed by atoms with Crippen LogP contribution in [0.5, 0.6) is 5.75 Å². The normalized spacial score (nSPS) is 14.5. The van der Waals surface area contributed by atoms with E-state index < -0.39 is 34.1 Å². The molecule has 0 bridgehead atoms. The van der Waals surface area contributed by atoms with Crippen molar-refractivity contribution in [3.05, 3.63) is 52.3 Å². The van der Waals surface area contributed by atoms with Crippen LogP contribution in [0.25, 0.3) is 11.1 Å². The van der Waals surface area contributed by atoms with Crippen LogP contribution in [0.15, 0.2) is 36.4 Å². The van der Waals surface area contributed by atoms with Gasteiger partial charge >= 0.3 is 17.6 Å². The SMILES string of the molecule is CN1CCN(c2ccc(-c3ccc(OC(=O)C(=O)O)c([N+](=O)[O-])c3F)cc2)CC1. The highest BCUT2D eigenvalue weighted by atomic mass is 19.1. The third-order valence-electron chi connectivity index (χ3n) is 4.69. The Hall–Kier alpha value is -3.53. The molecule has 2 aromatic carbocycles. The number of carbonyl (C=O) groups excluding carboxylic acids is 1. The summed E-state index contributed by atoms with van der Waals surface area (Å²) in [5.41, 5.74) is 0.209. The second kappa shape index (κ2) is 8.23. The van der Waals surface area contributed by atoms with Gasteiger partial charge in [0.1, 0.15) is 0 Å². The fourth-order valence-electron chi connectivity index (χ4n) is 3.08. The maximum atomic E-state index is 14.8. The largest absolute Gasteiger partial charge is 0.473 e. The molecule has 0 aromatic heterocycles. The van der Waals surface area contributed by atoms with Gasteiger partial charge in [-0.05, 0) is 36.9 Å². The van der Waals surface area contributed by atoms with Crippen molar-refractivity contribution in [2.24, 2.45) is 0 Å². The molecule has 0 spiro atoms. The molecule has 152 valence electrons. The van der Waals surface area contributed by atoms with E-state index in [4.69, 9.17) is 5.11 Å². The van der Waals surface area contributed by atoms with Gasteiger partial charge in [0.25, 0.3) is 0 Å². The molecule has 1 aliphatic rings. The van der Waals surface area contributed by atoms with E-state index in [0.717, 1.165) is 37.9 Å². The Kier molecular flexibility index (Phi) is 5.74. The van der Waals surface area contributed by atoms with E-state index in [0.29, 0.717) is 5.56 Å². The molecule has 0 radical (unpaired) electrons. The topological polar surface area (TPSA) is 113 Å². The van der Waals surface area contributed by atoms with Crippen LogP contribution in [0.3, 0.4) is 0 Å². The number of nitrogens with zero attached hydrogens (tertiary/aromatic N) is 3. The van der Waals surface area contributed by atoms with E-state index in [1.165, 1.54) is 6.07 Å². The molecule has 2 aromatic rings. The number of halogens is 1. The van der Waals surface area contributed by atoms with Crippen molar-refractivity contribution in [1.82, 2.24) is 4.90 Å². The number of hydrogen-bond donors (Lipinski definition) is 1. The van der Waals surface area contributed by atoms with Crippen LogP contribution >= 0.6 is 0 Å². The van der Waals surface area contributed by atoms with Crippen LogP contribution in [-0.4, -0.2) is 60.1 Å². The lowest BCUT2D eigenvalue weighted by Crippen LogP contribution is -2.44. The zero-order valence-corrected chi connectivity index (χ0v) is 15.5. The van der Waals surface area contributed by atoms with Gasteiger partial charge in [0.05, 0.1) is 4.92 Å². The number of carbonyl (C=O) groups is 2. The molecule has 0 atom stereocenters. The van der Waals surface area contributed by atoms with Gasteiger partial charge in [0, 0.05) is 37.4 Å². The number of carboxylic acids is 1. The molecule has 29 heavy (non-hydrogen) atoms. The summed E-state index contributed by atoms with van der Waals surface area (Å²) < 4.78 is 19.2. The zero-order valence-electron chi connectivity index (χ0n) is 15.5. The maximum Gasteiger partial charge on any atom is 0.422 e. The summed E-state index contributed by atoms with van der Waals surface area (Å²) in [7, 11) is 2.05. The number of hydrogen-bond acceptors (Lipinski definition) is 7. The van der Waals surface area contributed by atoms with Crippen molar-refractivity contribution in [3.8, 4) is 16.9 Å². The number of likely N-dealkylation sites (N-methyl/N-ethyl adjacent to an activating group) is 1. The van der Waals surface area contributed by atoms with E-state index in [2.05, 4.69) is 14.5 Å². The van der Waals surface area contributed by atoms with Crippen molar-refractivity contribution >= 4 is 23.3 Å². The van der Waals surface area contributed by atoms with Crippen LogP contribution in [0, 0.1) is 15.9 Å². The van der Waals surface area contributed by atoms with Crippen LogP contribution in [-0.2, 0) is 9.59 Å². The van der Waals surface area contributed by atoms with E-state index in [1.54, 1.807) is 12.1 Å². The number of benzene rings is 2. The minimum Gasteiger partial charge on any atom is -0.473 e. The van der Waals surface area contributed by atoms with E-state index in [1.807, 2.05) is 19.2 Å². The monoisotopic (exact) mass is 403 g/mol. The van der Waals surface area contributed by atoms with Crippen molar-refractivity contribution in [2.75, 3.05) is 38.1 Å². The number of rotatable bonds is 4. The van der Waals surface area contributed by atoms with Gasteiger partial charge in [-0.1, -0.05) is 12.1 Å². The molecule has 1 saturated heterocycles. The molecule has 0 aliphatic carbocycles. The molecular formula is C19H18FN3O6. The van der Waals surface area contributed by atoms with E-state index in [-0.39, 0.29) is 5.56 Å². The molecule has 0 saturated carbocycles. The van der Waals surface area contributed by atoms with E-state index in [9.17, 15) is 24.1 Å². The Labute approximate surface area is 165 Å². The molecule has 10 heteroatoms. The molecule has 9 nitrogen and oxygen atoms in total. The number of piperazine rings is 1. The lowest BCUT2D eigenvalue weighted by atomic mass is 10.0. The maximum absolute atomic E-state index is 14.8. The lowest BCUT2D eigenvalue weighted by Gasteiger charge is -2.34. The van der Waals surface area contributed by atoms with Crippen molar-refractivity contribution in [2.45, 2.75) is 0 Å². The summed E-state index contributed by atoms with van der Waals surface area (Å²) in [4.78, 5) is 36.4. The molecule has 1 N–H and O–H groups in total. The van der Waals surface area contributed by atoms with Crippen LogP contribution in [0.4, 0.5) is 15.8 Å². The highest BCUT2D eigenvalue weighted by Crippen LogP contribution is 2.37. The predicted octanol–water partition coefficient (Wildman–Crippen LogP) is 2.14. The number of ether oxygens (including phenoxy) is 1. The summed E-state index contributed by atoms with van der Waals surface area (Å²) in [6.07, 6.45) is 0. The van der Waals surface area contributed by atoms with Crippen molar-refractivity contribution < 1.29 is 28.7 Å². The Morgan fingerprint density at radius 2 is 1.72 bits per heavy atom. The van der Waals surface area contributed by atoms with Gasteiger partial charge < -0.3 is 19.6 Å². The van der Waals surface area contributed by atoms with Gasteiger partial charge in [0.15, 0.2) is 0 Å². The Balaban J connectivity index is 1.90.